The average Bonchev–Trinajstić information content (AvgIpc) is 1.88. The number of carboxylic acid groups (broad SMARTS) is 1. The molecule has 0 aliphatic carbocycles. The molecule has 0 radical (unpaired) electrons. The van der Waals surface area contributed by atoms with Gasteiger partial charge in [0.05, 0.1) is 0 Å². The van der Waals surface area contributed by atoms with E-state index in [-0.39, 0.29) is 101 Å². The van der Waals surface area contributed by atoms with Gasteiger partial charge in [-0.3, -0.25) is 9.59 Å². The van der Waals surface area contributed by atoms with Crippen molar-refractivity contribution in [1.29, 1.82) is 0 Å². The molecule has 0 aliphatic rings. The topological polar surface area (TPSA) is 152 Å². The van der Waals surface area contributed by atoms with Gasteiger partial charge in [0.1, 0.15) is 0 Å². The summed E-state index contributed by atoms with van der Waals surface area (Å²) in [6.45, 7) is 0.903. The van der Waals surface area contributed by atoms with E-state index in [0.29, 0.717) is 0 Å². The number of hydrogen-bond acceptors (Lipinski definition) is 6. The maximum Gasteiger partial charge on any atom is 1.00 e. The second-order valence-corrected chi connectivity index (χ2v) is 0.795. The van der Waals surface area contributed by atoms with E-state index in [1.807, 2.05) is 0 Å². The molecule has 0 bridgehead atoms. The molecule has 0 aromatic heterocycles. The third-order valence-corrected chi connectivity index (χ3v) is 0.0393. The minimum atomic E-state index is -0.833. The Hall–Kier alpha value is 0.240. The molecule has 0 heterocycles. The van der Waals surface area contributed by atoms with Crippen LogP contribution >= 0.6 is 0 Å². The van der Waals surface area contributed by atoms with Gasteiger partial charge in [0.25, 0.3) is 12.4 Å². The van der Waals surface area contributed by atoms with Crippen LogP contribution in [0.4, 0.5) is 0 Å². The first kappa shape index (κ1) is 67.0. The molecular formula is C7H20Na2O8. The van der Waals surface area contributed by atoms with Crippen molar-refractivity contribution in [3.8, 4) is 0 Å². The van der Waals surface area contributed by atoms with Crippen molar-refractivity contribution in [3.05, 3.63) is 0 Å². The summed E-state index contributed by atoms with van der Waals surface area (Å²) in [6.07, 6.45) is 0.250. The minimum Gasteiger partial charge on any atom is -1.00 e. The Morgan fingerprint density at radius 3 is 1.35 bits per heavy atom. The molecule has 0 saturated heterocycles. The van der Waals surface area contributed by atoms with Crippen molar-refractivity contribution in [3.63, 3.8) is 0 Å². The van der Waals surface area contributed by atoms with Gasteiger partial charge in [0.15, 0.2) is 0 Å². The maximum atomic E-state index is 9.00. The molecule has 0 unspecified atom stereocenters. The first-order valence-corrected chi connectivity index (χ1v) is 1.97. The van der Waals surface area contributed by atoms with Crippen LogP contribution in [0.5, 0.6) is 0 Å². The smallest absolute Gasteiger partial charge is 1.00 e. The first-order chi connectivity index (χ1) is 5.06. The van der Waals surface area contributed by atoms with Gasteiger partial charge in [0, 0.05) is 6.92 Å². The van der Waals surface area contributed by atoms with Gasteiger partial charge in [-0.15, -0.1) is 0 Å². The molecule has 10 heteroatoms. The SMILES string of the molecule is C.C.C.CC(=O)O.O.O=C=O.O=CO[O-].[H-].[Na+].[Na+]. The molecule has 3 N–H and O–H groups in total. The Bertz CT molecular complexity index is 137. The summed E-state index contributed by atoms with van der Waals surface area (Å²) in [5.74, 6) is -0.833. The van der Waals surface area contributed by atoms with Crippen molar-refractivity contribution in [2.75, 3.05) is 0 Å². The van der Waals surface area contributed by atoms with Crippen molar-refractivity contribution < 1.29 is 100 Å². The van der Waals surface area contributed by atoms with Crippen LogP contribution in [0, 0.1) is 0 Å². The second-order valence-electron chi connectivity index (χ2n) is 0.795. The van der Waals surface area contributed by atoms with Crippen molar-refractivity contribution >= 4 is 18.6 Å². The van der Waals surface area contributed by atoms with Crippen LogP contribution in [0.2, 0.25) is 0 Å². The number of carboxylic acids is 1. The normalized spacial score (nSPS) is 3.18. The molecule has 0 rings (SSSR count). The molecule has 8 nitrogen and oxygen atoms in total. The third kappa shape index (κ3) is 2140. The zero-order valence-corrected chi connectivity index (χ0v) is 12.0. The van der Waals surface area contributed by atoms with Crippen LogP contribution in [0.25, 0.3) is 0 Å². The molecule has 98 valence electrons. The molecule has 0 atom stereocenters. The van der Waals surface area contributed by atoms with Crippen molar-refractivity contribution in [2.24, 2.45) is 0 Å². The zero-order chi connectivity index (χ0) is 9.70. The summed E-state index contributed by atoms with van der Waals surface area (Å²) >= 11 is 0. The van der Waals surface area contributed by atoms with Gasteiger partial charge in [-0.25, -0.2) is 0 Å². The minimum absolute atomic E-state index is 0. The molecule has 0 aliphatic heterocycles. The van der Waals surface area contributed by atoms with Gasteiger partial charge < -0.3 is 22.2 Å². The number of carbonyl (C=O) groups excluding carboxylic acids is 3. The van der Waals surface area contributed by atoms with Crippen LogP contribution < -0.4 is 64.4 Å². The molecule has 0 fully saturated rings. The largest absolute Gasteiger partial charge is 1.00 e. The van der Waals surface area contributed by atoms with Crippen LogP contribution in [-0.4, -0.2) is 29.2 Å². The Morgan fingerprint density at radius 2 is 1.35 bits per heavy atom. The van der Waals surface area contributed by atoms with E-state index in [1.54, 1.807) is 0 Å². The van der Waals surface area contributed by atoms with E-state index in [0.717, 1.165) is 6.92 Å². The average molecular weight is 278 g/mol. The Balaban J connectivity index is -0.00000000562. The monoisotopic (exact) mass is 278 g/mol. The van der Waals surface area contributed by atoms with Crippen LogP contribution in [0.1, 0.15) is 30.6 Å². The quantitative estimate of drug-likeness (QED) is 0.216. The van der Waals surface area contributed by atoms with Gasteiger partial charge in [-0.05, 0) is 0 Å². The van der Waals surface area contributed by atoms with Crippen molar-refractivity contribution in [1.82, 2.24) is 0 Å². The molecular weight excluding hydrogens is 258 g/mol. The van der Waals surface area contributed by atoms with Crippen LogP contribution in [0.3, 0.4) is 0 Å². The number of hydrogen-bond donors (Lipinski definition) is 1. The summed E-state index contributed by atoms with van der Waals surface area (Å²) in [6, 6.07) is 0. The van der Waals surface area contributed by atoms with E-state index in [2.05, 4.69) is 4.89 Å². The van der Waals surface area contributed by atoms with E-state index < -0.39 is 5.97 Å². The molecule has 0 saturated carbocycles. The zero-order valence-electron chi connectivity index (χ0n) is 8.97. The van der Waals surface area contributed by atoms with Gasteiger partial charge in [0.2, 0.25) is 0 Å². The van der Waals surface area contributed by atoms with E-state index in [1.165, 1.54) is 0 Å². The molecule has 0 aromatic carbocycles. The summed E-state index contributed by atoms with van der Waals surface area (Å²) in [5.41, 5.74) is 0. The molecule has 0 spiro atoms. The standard InChI is InChI=1S/C2H4O2.CH2O3.CO2.3CH4.2Na.H2O.H/c1-2(3)4;2-1-4-3;2-1-3;;;;;;;/h1H3,(H,3,4);1,3H;;3*1H4;;;1H2;/q;;;;;;2*+1;;-1/p-1. The summed E-state index contributed by atoms with van der Waals surface area (Å²) in [4.78, 5) is 36.5. The predicted octanol–water partition coefficient (Wildman–Crippen LogP) is -6.85. The number of carbonyl (C=O) groups is 2. The Morgan fingerprint density at radius 1 is 1.29 bits per heavy atom. The molecule has 0 amide bonds. The van der Waals surface area contributed by atoms with E-state index >= 15 is 0 Å². The van der Waals surface area contributed by atoms with Crippen LogP contribution in [-0.2, 0) is 24.1 Å². The Kier molecular flexibility index (Phi) is 382. The van der Waals surface area contributed by atoms with Gasteiger partial charge in [-0.1, -0.05) is 22.3 Å². The Labute approximate surface area is 147 Å². The van der Waals surface area contributed by atoms with Crippen LogP contribution in [0.15, 0.2) is 0 Å². The fraction of sp³-hybridized carbons (Fsp3) is 0.571. The van der Waals surface area contributed by atoms with Gasteiger partial charge in [-0.2, -0.15) is 9.59 Å². The summed E-state index contributed by atoms with van der Waals surface area (Å²) < 4.78 is 0. The third-order valence-electron chi connectivity index (χ3n) is 0.0393. The number of rotatable bonds is 1. The fourth-order valence-electron chi connectivity index (χ4n) is 0. The molecule has 0 aromatic rings. The summed E-state index contributed by atoms with van der Waals surface area (Å²) in [5, 5.41) is 15.8. The van der Waals surface area contributed by atoms with Gasteiger partial charge >= 0.3 is 65.3 Å². The van der Waals surface area contributed by atoms with Crippen molar-refractivity contribution in [2.45, 2.75) is 29.2 Å². The maximum absolute atomic E-state index is 9.00. The predicted molar refractivity (Wildman–Crippen MR) is 50.4 cm³/mol. The fourth-order valence-corrected chi connectivity index (χ4v) is 0. The van der Waals surface area contributed by atoms with E-state index in [4.69, 9.17) is 29.5 Å². The second kappa shape index (κ2) is 96.9. The number of aliphatic carboxylic acids is 1. The molecule has 17 heavy (non-hydrogen) atoms. The first-order valence-electron chi connectivity index (χ1n) is 1.97. The van der Waals surface area contributed by atoms with E-state index in [9.17, 15) is 0 Å². The summed E-state index contributed by atoms with van der Waals surface area (Å²) in [7, 11) is 0.